The Kier molecular flexibility index (Phi) is 5.52. The number of aryl methyl sites for hydroxylation is 3. The van der Waals surface area contributed by atoms with Gasteiger partial charge in [-0.1, -0.05) is 43.3 Å². The molecule has 0 radical (unpaired) electrons. The summed E-state index contributed by atoms with van der Waals surface area (Å²) in [4.78, 5) is 24.2. The summed E-state index contributed by atoms with van der Waals surface area (Å²) in [5.74, 6) is -0.463. The van der Waals surface area contributed by atoms with Crippen LogP contribution in [0.2, 0.25) is 0 Å². The van der Waals surface area contributed by atoms with Gasteiger partial charge >= 0.3 is 0 Å². The Labute approximate surface area is 136 Å². The Balaban J connectivity index is 1.99. The van der Waals surface area contributed by atoms with Gasteiger partial charge < -0.3 is 10.6 Å². The largest absolute Gasteiger partial charge is 0.343 e. The smallest absolute Gasteiger partial charge is 0.251 e. The summed E-state index contributed by atoms with van der Waals surface area (Å²) in [6.07, 6.45) is 0.840. The minimum absolute atomic E-state index is 0.0509. The molecule has 2 rings (SSSR count). The zero-order valence-corrected chi connectivity index (χ0v) is 13.8. The first-order valence-electron chi connectivity index (χ1n) is 7.75. The SMILES string of the molecule is CCc1cccc(C)c1NC(=O)CNC(=O)c1ccccc1C. The average Bonchev–Trinajstić information content (AvgIpc) is 2.55. The van der Waals surface area contributed by atoms with Crippen LogP contribution in [0, 0.1) is 13.8 Å². The third-order valence-corrected chi connectivity index (χ3v) is 3.80. The highest BCUT2D eigenvalue weighted by Crippen LogP contribution is 2.20. The predicted octanol–water partition coefficient (Wildman–Crippen LogP) is 3.23. The van der Waals surface area contributed by atoms with Crippen molar-refractivity contribution in [2.75, 3.05) is 11.9 Å². The predicted molar refractivity (Wildman–Crippen MR) is 92.7 cm³/mol. The molecule has 0 fully saturated rings. The summed E-state index contributed by atoms with van der Waals surface area (Å²) >= 11 is 0. The summed E-state index contributed by atoms with van der Waals surface area (Å²) in [7, 11) is 0. The molecule has 2 N–H and O–H groups in total. The highest BCUT2D eigenvalue weighted by atomic mass is 16.2. The van der Waals surface area contributed by atoms with Gasteiger partial charge in [0.2, 0.25) is 5.91 Å². The van der Waals surface area contributed by atoms with Gasteiger partial charge in [0.05, 0.1) is 6.54 Å². The van der Waals surface area contributed by atoms with E-state index in [1.54, 1.807) is 6.07 Å². The second kappa shape index (κ2) is 7.58. The van der Waals surface area contributed by atoms with E-state index in [-0.39, 0.29) is 18.4 Å². The van der Waals surface area contributed by atoms with Crippen molar-refractivity contribution in [3.63, 3.8) is 0 Å². The lowest BCUT2D eigenvalue weighted by Crippen LogP contribution is -2.33. The van der Waals surface area contributed by atoms with Crippen LogP contribution >= 0.6 is 0 Å². The fourth-order valence-corrected chi connectivity index (χ4v) is 2.47. The van der Waals surface area contributed by atoms with Gasteiger partial charge in [-0.05, 0) is 43.0 Å². The molecule has 0 heterocycles. The van der Waals surface area contributed by atoms with Gasteiger partial charge in [-0.2, -0.15) is 0 Å². The highest BCUT2D eigenvalue weighted by molar-refractivity contribution is 6.00. The minimum atomic E-state index is -0.237. The maximum Gasteiger partial charge on any atom is 0.251 e. The second-order valence-electron chi connectivity index (χ2n) is 5.51. The van der Waals surface area contributed by atoms with Crippen molar-refractivity contribution in [1.29, 1.82) is 0 Å². The summed E-state index contributed by atoms with van der Waals surface area (Å²) in [5.41, 5.74) is 4.42. The molecule has 0 atom stereocenters. The van der Waals surface area contributed by atoms with Crippen LogP contribution in [0.25, 0.3) is 0 Å². The van der Waals surface area contributed by atoms with Crippen LogP contribution in [-0.2, 0) is 11.2 Å². The molecule has 0 aliphatic rings. The maximum atomic E-state index is 12.1. The standard InChI is InChI=1S/C19H22N2O2/c1-4-15-10-7-9-14(3)18(15)21-17(22)12-20-19(23)16-11-6-5-8-13(16)2/h5-11H,4,12H2,1-3H3,(H,20,23)(H,21,22). The summed E-state index contributed by atoms with van der Waals surface area (Å²) < 4.78 is 0. The molecule has 2 aromatic carbocycles. The van der Waals surface area contributed by atoms with Crippen molar-refractivity contribution in [2.24, 2.45) is 0 Å². The Bertz CT molecular complexity index is 723. The number of amides is 2. The second-order valence-corrected chi connectivity index (χ2v) is 5.51. The number of para-hydroxylation sites is 1. The molecule has 4 nitrogen and oxygen atoms in total. The fraction of sp³-hybridized carbons (Fsp3) is 0.263. The number of carbonyl (C=O) groups excluding carboxylic acids is 2. The maximum absolute atomic E-state index is 12.1. The number of hydrogen-bond acceptors (Lipinski definition) is 2. The lowest BCUT2D eigenvalue weighted by Gasteiger charge is -2.13. The Hall–Kier alpha value is -2.62. The van der Waals surface area contributed by atoms with Gasteiger partial charge in [-0.3, -0.25) is 9.59 Å². The summed E-state index contributed by atoms with van der Waals surface area (Å²) in [6.45, 7) is 5.82. The lowest BCUT2D eigenvalue weighted by atomic mass is 10.1. The van der Waals surface area contributed by atoms with Crippen LogP contribution in [0.15, 0.2) is 42.5 Å². The number of carbonyl (C=O) groups is 2. The molecular weight excluding hydrogens is 288 g/mol. The molecule has 0 saturated carbocycles. The van der Waals surface area contributed by atoms with Crippen LogP contribution in [0.5, 0.6) is 0 Å². The van der Waals surface area contributed by atoms with Crippen molar-refractivity contribution in [3.05, 3.63) is 64.7 Å². The summed E-state index contributed by atoms with van der Waals surface area (Å²) in [5, 5.41) is 5.56. The van der Waals surface area contributed by atoms with Crippen molar-refractivity contribution >= 4 is 17.5 Å². The number of hydrogen-bond donors (Lipinski definition) is 2. The highest BCUT2D eigenvalue weighted by Gasteiger charge is 2.12. The van der Waals surface area contributed by atoms with Crippen molar-refractivity contribution in [2.45, 2.75) is 27.2 Å². The molecule has 23 heavy (non-hydrogen) atoms. The molecule has 0 aliphatic carbocycles. The quantitative estimate of drug-likeness (QED) is 0.891. The molecule has 0 unspecified atom stereocenters. The molecule has 2 amide bonds. The van der Waals surface area contributed by atoms with E-state index < -0.39 is 0 Å². The number of rotatable bonds is 5. The van der Waals surface area contributed by atoms with Gasteiger partial charge in [0.15, 0.2) is 0 Å². The Morgan fingerprint density at radius 3 is 2.35 bits per heavy atom. The Morgan fingerprint density at radius 2 is 1.65 bits per heavy atom. The molecule has 2 aromatic rings. The van der Waals surface area contributed by atoms with Crippen LogP contribution in [-0.4, -0.2) is 18.4 Å². The van der Waals surface area contributed by atoms with E-state index in [9.17, 15) is 9.59 Å². The normalized spacial score (nSPS) is 10.2. The zero-order valence-electron chi connectivity index (χ0n) is 13.8. The molecular formula is C19H22N2O2. The van der Waals surface area contributed by atoms with E-state index in [0.717, 1.165) is 28.8 Å². The van der Waals surface area contributed by atoms with Crippen LogP contribution in [0.3, 0.4) is 0 Å². The topological polar surface area (TPSA) is 58.2 Å². The van der Waals surface area contributed by atoms with Gasteiger partial charge in [-0.25, -0.2) is 0 Å². The molecule has 0 aliphatic heterocycles. The van der Waals surface area contributed by atoms with Crippen LogP contribution in [0.4, 0.5) is 5.69 Å². The zero-order chi connectivity index (χ0) is 16.8. The van der Waals surface area contributed by atoms with Gasteiger partial charge in [0.25, 0.3) is 5.91 Å². The van der Waals surface area contributed by atoms with E-state index in [0.29, 0.717) is 5.56 Å². The van der Waals surface area contributed by atoms with Crippen molar-refractivity contribution < 1.29 is 9.59 Å². The van der Waals surface area contributed by atoms with Gasteiger partial charge in [0.1, 0.15) is 0 Å². The molecule has 0 spiro atoms. The first kappa shape index (κ1) is 16.7. The molecule has 0 saturated heterocycles. The monoisotopic (exact) mass is 310 g/mol. The minimum Gasteiger partial charge on any atom is -0.343 e. The van der Waals surface area contributed by atoms with E-state index in [1.807, 2.05) is 57.2 Å². The lowest BCUT2D eigenvalue weighted by molar-refractivity contribution is -0.115. The Morgan fingerprint density at radius 1 is 0.957 bits per heavy atom. The van der Waals surface area contributed by atoms with Crippen molar-refractivity contribution in [3.8, 4) is 0 Å². The number of anilines is 1. The number of nitrogens with one attached hydrogen (secondary N) is 2. The number of benzene rings is 2. The van der Waals surface area contributed by atoms with Gasteiger partial charge in [-0.15, -0.1) is 0 Å². The molecule has 0 aromatic heterocycles. The van der Waals surface area contributed by atoms with E-state index >= 15 is 0 Å². The average molecular weight is 310 g/mol. The first-order valence-corrected chi connectivity index (χ1v) is 7.75. The molecule has 4 heteroatoms. The van der Waals surface area contributed by atoms with Crippen molar-refractivity contribution in [1.82, 2.24) is 5.32 Å². The van der Waals surface area contributed by atoms with E-state index in [2.05, 4.69) is 10.6 Å². The van der Waals surface area contributed by atoms with E-state index in [1.165, 1.54) is 0 Å². The third kappa shape index (κ3) is 4.19. The van der Waals surface area contributed by atoms with Crippen LogP contribution in [0.1, 0.15) is 34.0 Å². The fourth-order valence-electron chi connectivity index (χ4n) is 2.47. The molecule has 120 valence electrons. The molecule has 0 bridgehead atoms. The summed E-state index contributed by atoms with van der Waals surface area (Å²) in [6, 6.07) is 13.2. The third-order valence-electron chi connectivity index (χ3n) is 3.80. The first-order chi connectivity index (χ1) is 11.0. The van der Waals surface area contributed by atoms with Gasteiger partial charge in [0, 0.05) is 11.3 Å². The van der Waals surface area contributed by atoms with E-state index in [4.69, 9.17) is 0 Å². The van der Waals surface area contributed by atoms with Crippen LogP contribution < -0.4 is 10.6 Å².